The molecule has 0 saturated carbocycles. The average molecular weight is 218 g/mol. The van der Waals surface area contributed by atoms with Crippen molar-refractivity contribution in [2.24, 2.45) is 5.92 Å². The maximum Gasteiger partial charge on any atom is 0.0518 e. The lowest BCUT2D eigenvalue weighted by atomic mass is 10.1. The van der Waals surface area contributed by atoms with Gasteiger partial charge in [-0.25, -0.2) is 0 Å². The minimum Gasteiger partial charge on any atom is -0.385 e. The maximum atomic E-state index is 5.19. The minimum atomic E-state index is 0.403. The molecule has 0 atom stereocenters. The van der Waals surface area contributed by atoms with Crippen LogP contribution in [-0.2, 0) is 9.47 Å². The van der Waals surface area contributed by atoms with Gasteiger partial charge in [-0.3, -0.25) is 0 Å². The molecule has 2 heteroatoms. The molecule has 0 unspecified atom stereocenters. The van der Waals surface area contributed by atoms with Crippen molar-refractivity contribution in [3.05, 3.63) is 0 Å². The van der Waals surface area contributed by atoms with E-state index in [-0.39, 0.29) is 0 Å². The number of rotatable bonds is 7. The van der Waals surface area contributed by atoms with Crippen molar-refractivity contribution in [1.82, 2.24) is 0 Å². The molecule has 0 aliphatic carbocycles. The van der Waals surface area contributed by atoms with Crippen LogP contribution in [0.15, 0.2) is 0 Å². The second kappa shape index (κ2) is 13.9. The maximum absolute atomic E-state index is 5.19. The van der Waals surface area contributed by atoms with Crippen LogP contribution >= 0.6 is 0 Å². The van der Waals surface area contributed by atoms with Gasteiger partial charge in [0.1, 0.15) is 0 Å². The van der Waals surface area contributed by atoms with Crippen LogP contribution in [0.2, 0.25) is 0 Å². The first-order valence-electron chi connectivity index (χ1n) is 6.15. The normalized spacial score (nSPS) is 10.4. The third-order valence-corrected chi connectivity index (χ3v) is 1.79. The van der Waals surface area contributed by atoms with Gasteiger partial charge < -0.3 is 9.47 Å². The average Bonchev–Trinajstić information content (AvgIpc) is 2.15. The van der Waals surface area contributed by atoms with E-state index in [4.69, 9.17) is 9.47 Å². The van der Waals surface area contributed by atoms with Crippen LogP contribution in [0.3, 0.4) is 0 Å². The summed E-state index contributed by atoms with van der Waals surface area (Å²) in [5.41, 5.74) is 0. The molecular weight excluding hydrogens is 188 g/mol. The minimum absolute atomic E-state index is 0.403. The third-order valence-electron chi connectivity index (χ3n) is 1.79. The topological polar surface area (TPSA) is 18.5 Å². The molecule has 0 fully saturated rings. The van der Waals surface area contributed by atoms with E-state index in [2.05, 4.69) is 34.6 Å². The summed E-state index contributed by atoms with van der Waals surface area (Å²) in [5, 5.41) is 0. The predicted octanol–water partition coefficient (Wildman–Crippen LogP) is 3.89. The van der Waals surface area contributed by atoms with Gasteiger partial charge in [0, 0.05) is 20.3 Å². The largest absolute Gasteiger partial charge is 0.385 e. The molecule has 0 aromatic rings. The Labute approximate surface area is 96.4 Å². The van der Waals surface area contributed by atoms with Gasteiger partial charge in [0.15, 0.2) is 0 Å². The Morgan fingerprint density at radius 1 is 1.00 bits per heavy atom. The molecule has 0 aromatic heterocycles. The van der Waals surface area contributed by atoms with E-state index in [9.17, 15) is 0 Å². The summed E-state index contributed by atoms with van der Waals surface area (Å²) in [4.78, 5) is 0. The first-order chi connectivity index (χ1) is 7.04. The Bertz CT molecular complexity index is 101. The highest BCUT2D eigenvalue weighted by molar-refractivity contribution is 4.43. The number of methoxy groups -OCH3 is 1. The van der Waals surface area contributed by atoms with Crippen molar-refractivity contribution in [2.75, 3.05) is 20.3 Å². The Balaban J connectivity index is 0. The quantitative estimate of drug-likeness (QED) is 0.604. The fourth-order valence-corrected chi connectivity index (χ4v) is 0.989. The molecule has 0 spiro atoms. The summed E-state index contributed by atoms with van der Waals surface area (Å²) in [6.45, 7) is 12.5. The summed E-state index contributed by atoms with van der Waals surface area (Å²) >= 11 is 0. The molecule has 2 nitrogen and oxygen atoms in total. The molecule has 15 heavy (non-hydrogen) atoms. The summed E-state index contributed by atoms with van der Waals surface area (Å²) in [6.07, 6.45) is 4.01. The van der Waals surface area contributed by atoms with Crippen LogP contribution in [0.1, 0.15) is 53.9 Å². The summed E-state index contributed by atoms with van der Waals surface area (Å²) < 4.78 is 10.1. The number of hydrogen-bond acceptors (Lipinski definition) is 2. The van der Waals surface area contributed by atoms with E-state index >= 15 is 0 Å². The third kappa shape index (κ3) is 24.9. The zero-order valence-corrected chi connectivity index (χ0v) is 11.5. The van der Waals surface area contributed by atoms with Crippen molar-refractivity contribution < 1.29 is 9.47 Å². The van der Waals surface area contributed by atoms with Gasteiger partial charge in [-0.1, -0.05) is 20.8 Å². The van der Waals surface area contributed by atoms with Crippen LogP contribution in [0.4, 0.5) is 0 Å². The summed E-state index contributed by atoms with van der Waals surface area (Å²) in [6, 6.07) is 0. The Kier molecular flexibility index (Phi) is 16.1. The smallest absolute Gasteiger partial charge is 0.0518 e. The Hall–Kier alpha value is -0.0800. The van der Waals surface area contributed by atoms with Crippen LogP contribution in [0.25, 0.3) is 0 Å². The molecule has 0 rings (SSSR count). The lowest BCUT2D eigenvalue weighted by Gasteiger charge is -2.03. The molecule has 94 valence electrons. The van der Waals surface area contributed by atoms with Gasteiger partial charge >= 0.3 is 0 Å². The van der Waals surface area contributed by atoms with Gasteiger partial charge in [-0.15, -0.1) is 0 Å². The molecule has 0 aromatic carbocycles. The van der Waals surface area contributed by atoms with E-state index < -0.39 is 0 Å². The van der Waals surface area contributed by atoms with Gasteiger partial charge in [0.05, 0.1) is 6.10 Å². The van der Waals surface area contributed by atoms with E-state index in [1.54, 1.807) is 7.11 Å². The number of ether oxygens (including phenoxy) is 2. The first-order valence-corrected chi connectivity index (χ1v) is 6.15. The van der Waals surface area contributed by atoms with Crippen LogP contribution in [0, 0.1) is 5.92 Å². The second-order valence-corrected chi connectivity index (χ2v) is 4.45. The van der Waals surface area contributed by atoms with Gasteiger partial charge in [-0.05, 0) is 39.0 Å². The first kappa shape index (κ1) is 17.3. The van der Waals surface area contributed by atoms with Crippen molar-refractivity contribution in [2.45, 2.75) is 60.0 Å². The fraction of sp³-hybridized carbons (Fsp3) is 1.00. The van der Waals surface area contributed by atoms with Crippen molar-refractivity contribution in [1.29, 1.82) is 0 Å². The van der Waals surface area contributed by atoms with Crippen LogP contribution in [0.5, 0.6) is 0 Å². The van der Waals surface area contributed by atoms with Crippen molar-refractivity contribution in [3.8, 4) is 0 Å². The predicted molar refractivity (Wildman–Crippen MR) is 67.3 cm³/mol. The van der Waals surface area contributed by atoms with Gasteiger partial charge in [-0.2, -0.15) is 0 Å². The molecule has 0 bridgehead atoms. The van der Waals surface area contributed by atoms with E-state index in [1.165, 1.54) is 12.8 Å². The standard InChI is InChI=1S/C7H16O.C6H14O/c1-7(2)5-4-6-8-3;1-4-5-7-6(2)3/h7H,4-6H2,1-3H3;6H,4-5H2,1-3H3. The zero-order chi connectivity index (χ0) is 12.1. The van der Waals surface area contributed by atoms with Crippen LogP contribution in [-0.4, -0.2) is 26.4 Å². The molecule has 0 aliphatic heterocycles. The summed E-state index contributed by atoms with van der Waals surface area (Å²) in [5.74, 6) is 0.824. The van der Waals surface area contributed by atoms with E-state index in [0.717, 1.165) is 25.6 Å². The molecule has 0 N–H and O–H groups in total. The highest BCUT2D eigenvalue weighted by Gasteiger charge is 1.90. The molecule has 0 saturated heterocycles. The Morgan fingerprint density at radius 2 is 1.60 bits per heavy atom. The van der Waals surface area contributed by atoms with Gasteiger partial charge in [0.2, 0.25) is 0 Å². The van der Waals surface area contributed by atoms with E-state index in [1.807, 2.05) is 0 Å². The second-order valence-electron chi connectivity index (χ2n) is 4.45. The monoisotopic (exact) mass is 218 g/mol. The molecule has 0 amide bonds. The number of hydrogen-bond donors (Lipinski definition) is 0. The SMILES string of the molecule is CCCOC(C)C.COCCCC(C)C. The lowest BCUT2D eigenvalue weighted by Crippen LogP contribution is -2.01. The molecular formula is C13H30O2. The van der Waals surface area contributed by atoms with E-state index in [0.29, 0.717) is 6.10 Å². The summed E-state index contributed by atoms with van der Waals surface area (Å²) in [7, 11) is 1.75. The van der Waals surface area contributed by atoms with Crippen molar-refractivity contribution >= 4 is 0 Å². The highest BCUT2D eigenvalue weighted by atomic mass is 16.5. The highest BCUT2D eigenvalue weighted by Crippen LogP contribution is 2.02. The molecule has 0 radical (unpaired) electrons. The fourth-order valence-electron chi connectivity index (χ4n) is 0.989. The zero-order valence-electron chi connectivity index (χ0n) is 11.5. The Morgan fingerprint density at radius 3 is 1.87 bits per heavy atom. The lowest BCUT2D eigenvalue weighted by molar-refractivity contribution is 0.0794. The van der Waals surface area contributed by atoms with Gasteiger partial charge in [0.25, 0.3) is 0 Å². The molecule has 0 aliphatic rings. The van der Waals surface area contributed by atoms with Crippen LogP contribution < -0.4 is 0 Å². The molecule has 0 heterocycles. The van der Waals surface area contributed by atoms with Crippen molar-refractivity contribution in [3.63, 3.8) is 0 Å².